The Morgan fingerprint density at radius 1 is 1.48 bits per heavy atom. The van der Waals surface area contributed by atoms with Gasteiger partial charge >= 0.3 is 5.97 Å². The van der Waals surface area contributed by atoms with Crippen LogP contribution in [0, 0.1) is 0 Å². The summed E-state index contributed by atoms with van der Waals surface area (Å²) in [6, 6.07) is 3.99. The number of sulfonamides is 1. The fraction of sp³-hybridized carbons (Fsp3) is 0.462. The topological polar surface area (TPSA) is 98.5 Å². The SMILES string of the molecule is COC(=O)c1cc(N)ccc1S(=O)(=O)NC1CCCSC1. The number of nitrogens with one attached hydrogen (secondary N) is 1. The van der Waals surface area contributed by atoms with Gasteiger partial charge in [0.15, 0.2) is 0 Å². The summed E-state index contributed by atoms with van der Waals surface area (Å²) in [7, 11) is -2.58. The lowest BCUT2D eigenvalue weighted by atomic mass is 10.2. The molecule has 2 rings (SSSR count). The van der Waals surface area contributed by atoms with Gasteiger partial charge in [-0.25, -0.2) is 17.9 Å². The molecule has 0 amide bonds. The number of benzene rings is 1. The maximum Gasteiger partial charge on any atom is 0.339 e. The first kappa shape index (κ1) is 16.1. The zero-order valence-corrected chi connectivity index (χ0v) is 13.3. The van der Waals surface area contributed by atoms with E-state index in [0.29, 0.717) is 5.69 Å². The maximum atomic E-state index is 12.5. The zero-order valence-electron chi connectivity index (χ0n) is 11.7. The highest BCUT2D eigenvalue weighted by Gasteiger charge is 2.27. The van der Waals surface area contributed by atoms with E-state index >= 15 is 0 Å². The standard InChI is InChI=1S/C13H18N2O4S2/c1-19-13(16)11-7-9(14)4-5-12(11)21(17,18)15-10-3-2-6-20-8-10/h4-5,7,10,15H,2-3,6,8,14H2,1H3. The largest absolute Gasteiger partial charge is 0.465 e. The Labute approximate surface area is 128 Å². The number of methoxy groups -OCH3 is 1. The molecule has 21 heavy (non-hydrogen) atoms. The van der Waals surface area contributed by atoms with Gasteiger partial charge in [0.05, 0.1) is 17.6 Å². The first-order valence-electron chi connectivity index (χ1n) is 6.52. The summed E-state index contributed by atoms with van der Waals surface area (Å²) >= 11 is 1.72. The number of carbonyl (C=O) groups excluding carboxylic acids is 1. The molecule has 1 heterocycles. The zero-order chi connectivity index (χ0) is 15.5. The molecule has 0 aliphatic carbocycles. The van der Waals surface area contributed by atoms with E-state index in [4.69, 9.17) is 5.73 Å². The Kier molecular flexibility index (Phi) is 5.13. The predicted octanol–water partition coefficient (Wildman–Crippen LogP) is 1.23. The quantitative estimate of drug-likeness (QED) is 0.636. The van der Waals surface area contributed by atoms with Gasteiger partial charge in [-0.1, -0.05) is 0 Å². The Hall–Kier alpha value is -1.25. The van der Waals surface area contributed by atoms with E-state index in [-0.39, 0.29) is 16.5 Å². The molecule has 1 aromatic carbocycles. The highest BCUT2D eigenvalue weighted by molar-refractivity contribution is 7.99. The Morgan fingerprint density at radius 3 is 2.86 bits per heavy atom. The van der Waals surface area contributed by atoms with Crippen molar-refractivity contribution in [3.8, 4) is 0 Å². The molecule has 6 nitrogen and oxygen atoms in total. The summed E-state index contributed by atoms with van der Waals surface area (Å²) in [6.07, 6.45) is 1.78. The van der Waals surface area contributed by atoms with Gasteiger partial charge in [-0.2, -0.15) is 11.8 Å². The van der Waals surface area contributed by atoms with Gasteiger partial charge < -0.3 is 10.5 Å². The average Bonchev–Trinajstić information content (AvgIpc) is 2.46. The fourth-order valence-electron chi connectivity index (χ4n) is 2.17. The summed E-state index contributed by atoms with van der Waals surface area (Å²) in [4.78, 5) is 11.7. The summed E-state index contributed by atoms with van der Waals surface area (Å²) in [5.41, 5.74) is 5.88. The molecule has 1 fully saturated rings. The first-order chi connectivity index (χ1) is 9.94. The third-order valence-electron chi connectivity index (χ3n) is 3.18. The molecule has 1 saturated heterocycles. The molecule has 0 saturated carbocycles. The minimum atomic E-state index is -3.78. The van der Waals surface area contributed by atoms with E-state index in [1.807, 2.05) is 0 Å². The number of thioether (sulfide) groups is 1. The molecule has 3 N–H and O–H groups in total. The molecule has 8 heteroatoms. The van der Waals surface area contributed by atoms with Gasteiger partial charge in [0, 0.05) is 17.5 Å². The van der Waals surface area contributed by atoms with Crippen molar-refractivity contribution < 1.29 is 17.9 Å². The number of rotatable bonds is 4. The van der Waals surface area contributed by atoms with Crippen LogP contribution in [0.15, 0.2) is 23.1 Å². The first-order valence-corrected chi connectivity index (χ1v) is 9.16. The second kappa shape index (κ2) is 6.67. The number of nitrogen functional groups attached to an aromatic ring is 1. The van der Waals surface area contributed by atoms with Crippen LogP contribution in [0.5, 0.6) is 0 Å². The number of anilines is 1. The minimum Gasteiger partial charge on any atom is -0.465 e. The number of ether oxygens (including phenoxy) is 1. The molecule has 116 valence electrons. The third kappa shape index (κ3) is 3.90. The molecule has 1 aromatic rings. The number of nitrogens with two attached hydrogens (primary N) is 1. The lowest BCUT2D eigenvalue weighted by Crippen LogP contribution is -2.38. The van der Waals surface area contributed by atoms with Crippen molar-refractivity contribution in [3.63, 3.8) is 0 Å². The smallest absolute Gasteiger partial charge is 0.339 e. The van der Waals surface area contributed by atoms with E-state index in [1.54, 1.807) is 11.8 Å². The van der Waals surface area contributed by atoms with E-state index in [1.165, 1.54) is 25.3 Å². The summed E-state index contributed by atoms with van der Waals surface area (Å²) < 4.78 is 32.2. The van der Waals surface area contributed by atoms with Gasteiger partial charge in [-0.3, -0.25) is 0 Å². The van der Waals surface area contributed by atoms with Crippen LogP contribution in [0.1, 0.15) is 23.2 Å². The van der Waals surface area contributed by atoms with Crippen molar-refractivity contribution in [1.29, 1.82) is 0 Å². The Morgan fingerprint density at radius 2 is 2.24 bits per heavy atom. The van der Waals surface area contributed by atoms with Crippen LogP contribution < -0.4 is 10.5 Å². The molecule has 0 spiro atoms. The van der Waals surface area contributed by atoms with Gasteiger partial charge in [0.1, 0.15) is 0 Å². The van der Waals surface area contributed by atoms with Crippen LogP contribution in [0.3, 0.4) is 0 Å². The normalized spacial score (nSPS) is 19.2. The van der Waals surface area contributed by atoms with Gasteiger partial charge in [-0.15, -0.1) is 0 Å². The van der Waals surface area contributed by atoms with Crippen molar-refractivity contribution in [2.45, 2.75) is 23.8 Å². The molecule has 1 aliphatic rings. The highest BCUT2D eigenvalue weighted by atomic mass is 32.2. The monoisotopic (exact) mass is 330 g/mol. The van der Waals surface area contributed by atoms with E-state index in [2.05, 4.69) is 9.46 Å². The van der Waals surface area contributed by atoms with Crippen molar-refractivity contribution in [2.75, 3.05) is 24.3 Å². The number of carbonyl (C=O) groups is 1. The maximum absolute atomic E-state index is 12.5. The van der Waals surface area contributed by atoms with Crippen molar-refractivity contribution >= 4 is 33.4 Å². The molecule has 0 bridgehead atoms. The third-order valence-corrected chi connectivity index (χ3v) is 5.97. The van der Waals surface area contributed by atoms with Crippen LogP contribution in [0.4, 0.5) is 5.69 Å². The van der Waals surface area contributed by atoms with Crippen molar-refractivity contribution in [1.82, 2.24) is 4.72 Å². The van der Waals surface area contributed by atoms with Crippen LogP contribution >= 0.6 is 11.8 Å². The Balaban J connectivity index is 2.32. The number of esters is 1. The molecular weight excluding hydrogens is 312 g/mol. The second-order valence-electron chi connectivity index (χ2n) is 4.78. The van der Waals surface area contributed by atoms with E-state index < -0.39 is 16.0 Å². The van der Waals surface area contributed by atoms with Gasteiger partial charge in [0.25, 0.3) is 0 Å². The molecule has 1 unspecified atom stereocenters. The number of hydrogen-bond donors (Lipinski definition) is 2. The van der Waals surface area contributed by atoms with Crippen LogP contribution in [-0.2, 0) is 14.8 Å². The van der Waals surface area contributed by atoms with Crippen LogP contribution in [-0.4, -0.2) is 39.0 Å². The lowest BCUT2D eigenvalue weighted by Gasteiger charge is -2.22. The van der Waals surface area contributed by atoms with Crippen molar-refractivity contribution in [3.05, 3.63) is 23.8 Å². The molecule has 1 aliphatic heterocycles. The second-order valence-corrected chi connectivity index (χ2v) is 7.61. The van der Waals surface area contributed by atoms with Crippen molar-refractivity contribution in [2.24, 2.45) is 0 Å². The van der Waals surface area contributed by atoms with E-state index in [9.17, 15) is 13.2 Å². The highest BCUT2D eigenvalue weighted by Crippen LogP contribution is 2.23. The minimum absolute atomic E-state index is 0.0477. The molecule has 0 aromatic heterocycles. The molecular formula is C13H18N2O4S2. The fourth-order valence-corrected chi connectivity index (χ4v) is 4.79. The van der Waals surface area contributed by atoms with Gasteiger partial charge in [0.2, 0.25) is 10.0 Å². The summed E-state index contributed by atoms with van der Waals surface area (Å²) in [6.45, 7) is 0. The average molecular weight is 330 g/mol. The molecule has 1 atom stereocenters. The molecule has 0 radical (unpaired) electrons. The van der Waals surface area contributed by atoms with Crippen LogP contribution in [0.25, 0.3) is 0 Å². The van der Waals surface area contributed by atoms with Gasteiger partial charge in [-0.05, 0) is 36.8 Å². The number of hydrogen-bond acceptors (Lipinski definition) is 6. The van der Waals surface area contributed by atoms with Crippen LogP contribution in [0.2, 0.25) is 0 Å². The summed E-state index contributed by atoms with van der Waals surface area (Å²) in [5.74, 6) is 1.07. The predicted molar refractivity (Wildman–Crippen MR) is 82.9 cm³/mol. The van der Waals surface area contributed by atoms with E-state index in [0.717, 1.165) is 24.3 Å². The summed E-state index contributed by atoms with van der Waals surface area (Å²) in [5, 5.41) is 0. The Bertz CT molecular complexity index is 625. The lowest BCUT2D eigenvalue weighted by molar-refractivity contribution is 0.0596.